The molecule has 0 bridgehead atoms. The topological polar surface area (TPSA) is 77.2 Å². The van der Waals surface area contributed by atoms with Gasteiger partial charge in [-0.15, -0.1) is 0 Å². The number of rotatable bonds is 6. The average molecular weight is 507 g/mol. The summed E-state index contributed by atoms with van der Waals surface area (Å²) < 4.78 is 45.4. The van der Waals surface area contributed by atoms with Gasteiger partial charge in [0.25, 0.3) is 0 Å². The predicted molar refractivity (Wildman–Crippen MR) is 130 cm³/mol. The summed E-state index contributed by atoms with van der Waals surface area (Å²) >= 11 is 0. The molecule has 0 saturated carbocycles. The van der Waals surface area contributed by atoms with Gasteiger partial charge in [-0.3, -0.25) is 19.2 Å². The minimum Gasteiger partial charge on any atom is -0.454 e. The Morgan fingerprint density at radius 1 is 0.892 bits per heavy atom. The van der Waals surface area contributed by atoms with Gasteiger partial charge < -0.3 is 13.9 Å². The molecular formula is C27H23F2N3O5. The molecule has 190 valence electrons. The smallest absolute Gasteiger partial charge is 0.421 e. The van der Waals surface area contributed by atoms with E-state index in [-0.39, 0.29) is 23.5 Å². The number of benzene rings is 3. The van der Waals surface area contributed by atoms with Crippen LogP contribution in [0.5, 0.6) is 11.5 Å². The first kappa shape index (κ1) is 23.4. The molecule has 6 rings (SSSR count). The largest absolute Gasteiger partial charge is 0.454 e. The Balaban J connectivity index is 1.13. The average Bonchev–Trinajstić information content (AvgIpc) is 3.49. The zero-order valence-electron chi connectivity index (χ0n) is 19.8. The monoisotopic (exact) mass is 507 g/mol. The minimum absolute atomic E-state index is 0.107. The van der Waals surface area contributed by atoms with Crippen molar-refractivity contribution in [3.8, 4) is 11.5 Å². The molecule has 0 spiro atoms. The van der Waals surface area contributed by atoms with Gasteiger partial charge in [0.05, 0.1) is 17.7 Å². The highest BCUT2D eigenvalue weighted by molar-refractivity contribution is 6.10. The minimum atomic E-state index is -1.20. The highest BCUT2D eigenvalue weighted by atomic mass is 19.2. The fraction of sp³-hybridized carbons (Fsp3) is 0.259. The molecule has 2 aliphatic heterocycles. The Morgan fingerprint density at radius 2 is 1.68 bits per heavy atom. The van der Waals surface area contributed by atoms with Crippen LogP contribution in [0.1, 0.15) is 21.5 Å². The lowest BCUT2D eigenvalue weighted by atomic mass is 10.0. The van der Waals surface area contributed by atoms with Crippen molar-refractivity contribution in [2.24, 2.45) is 0 Å². The second-order valence-corrected chi connectivity index (χ2v) is 9.13. The lowest BCUT2D eigenvalue weighted by molar-refractivity contribution is 0.102. The van der Waals surface area contributed by atoms with Crippen LogP contribution < -0.4 is 15.2 Å². The summed E-state index contributed by atoms with van der Waals surface area (Å²) in [5.41, 5.74) is 1.63. The summed E-state index contributed by atoms with van der Waals surface area (Å²) in [6.07, 6.45) is 0. The van der Waals surface area contributed by atoms with Crippen LogP contribution in [0.3, 0.4) is 0 Å². The van der Waals surface area contributed by atoms with Crippen molar-refractivity contribution in [2.75, 3.05) is 33.0 Å². The summed E-state index contributed by atoms with van der Waals surface area (Å²) in [6.45, 7) is 4.58. The zero-order valence-corrected chi connectivity index (χ0v) is 19.8. The molecule has 0 radical (unpaired) electrons. The maximum atomic E-state index is 14.1. The van der Waals surface area contributed by atoms with E-state index in [1.165, 1.54) is 28.8 Å². The van der Waals surface area contributed by atoms with Crippen LogP contribution in [-0.2, 0) is 13.2 Å². The third-order valence-electron chi connectivity index (χ3n) is 6.78. The van der Waals surface area contributed by atoms with Crippen molar-refractivity contribution in [1.82, 2.24) is 14.4 Å². The number of carbonyl (C=O) groups excluding carboxylic acids is 1. The van der Waals surface area contributed by atoms with Gasteiger partial charge in [0, 0.05) is 38.3 Å². The van der Waals surface area contributed by atoms with Crippen molar-refractivity contribution in [1.29, 1.82) is 0 Å². The lowest BCUT2D eigenvalue weighted by Crippen LogP contribution is -2.47. The Hall–Kier alpha value is -4.02. The summed E-state index contributed by atoms with van der Waals surface area (Å²) in [7, 11) is 0. The molecule has 3 aromatic carbocycles. The van der Waals surface area contributed by atoms with E-state index in [9.17, 15) is 18.4 Å². The Kier molecular flexibility index (Phi) is 5.97. The summed E-state index contributed by atoms with van der Waals surface area (Å²) in [5, 5.41) is 0. The van der Waals surface area contributed by atoms with Gasteiger partial charge in [-0.2, -0.15) is 0 Å². The molecule has 2 aliphatic rings. The van der Waals surface area contributed by atoms with Gasteiger partial charge in [0.2, 0.25) is 6.79 Å². The van der Waals surface area contributed by atoms with Crippen LogP contribution >= 0.6 is 0 Å². The Labute approximate surface area is 210 Å². The maximum Gasteiger partial charge on any atom is 0.421 e. The number of nitrogens with zero attached hydrogens (tertiary/aromatic N) is 3. The van der Waals surface area contributed by atoms with Crippen LogP contribution in [0.25, 0.3) is 11.1 Å². The molecule has 0 N–H and O–H groups in total. The fourth-order valence-electron chi connectivity index (χ4n) is 4.76. The quantitative estimate of drug-likeness (QED) is 0.369. The van der Waals surface area contributed by atoms with Gasteiger partial charge in [-0.1, -0.05) is 12.1 Å². The SMILES string of the molecule is O=C(c1ccc2c(c1)oc(=O)n2CN1CCN(Cc2ccc3c(c2)OCO3)CC1)c1cccc(F)c1F. The van der Waals surface area contributed by atoms with E-state index in [2.05, 4.69) is 9.80 Å². The first-order valence-corrected chi connectivity index (χ1v) is 11.9. The molecule has 0 aliphatic carbocycles. The fourth-order valence-corrected chi connectivity index (χ4v) is 4.76. The normalized spacial score (nSPS) is 15.9. The summed E-state index contributed by atoms with van der Waals surface area (Å²) in [4.78, 5) is 29.8. The van der Waals surface area contributed by atoms with Crippen LogP contribution in [0, 0.1) is 11.6 Å². The number of aromatic nitrogens is 1. The zero-order chi connectivity index (χ0) is 25.5. The standard InChI is InChI=1S/C27H23F2N3O5/c28-20-3-1-2-19(25(20)29)26(33)18-5-6-21-23(13-18)37-27(34)32(21)15-31-10-8-30(9-11-31)14-17-4-7-22-24(12-17)36-16-35-22/h1-7,12-13H,8-11,14-16H2. The number of ketones is 1. The number of oxazole rings is 1. The van der Waals surface area contributed by atoms with Gasteiger partial charge in [0.1, 0.15) is 0 Å². The first-order valence-electron chi connectivity index (χ1n) is 11.9. The van der Waals surface area contributed by atoms with Gasteiger partial charge in [-0.05, 0) is 48.0 Å². The number of hydrogen-bond donors (Lipinski definition) is 0. The maximum absolute atomic E-state index is 14.1. The van der Waals surface area contributed by atoms with E-state index in [4.69, 9.17) is 13.9 Å². The number of piperazine rings is 1. The van der Waals surface area contributed by atoms with Crippen molar-refractivity contribution in [3.63, 3.8) is 0 Å². The van der Waals surface area contributed by atoms with E-state index in [0.29, 0.717) is 12.2 Å². The molecule has 8 nitrogen and oxygen atoms in total. The van der Waals surface area contributed by atoms with Crippen molar-refractivity contribution < 1.29 is 27.5 Å². The van der Waals surface area contributed by atoms with Gasteiger partial charge >= 0.3 is 5.76 Å². The summed E-state index contributed by atoms with van der Waals surface area (Å²) in [5.74, 6) is -1.99. The molecule has 1 saturated heterocycles. The van der Waals surface area contributed by atoms with Gasteiger partial charge in [0.15, 0.2) is 34.5 Å². The second-order valence-electron chi connectivity index (χ2n) is 9.13. The molecule has 1 fully saturated rings. The van der Waals surface area contributed by atoms with Crippen LogP contribution in [0.4, 0.5) is 8.78 Å². The number of ether oxygens (including phenoxy) is 2. The number of halogens is 2. The molecule has 3 heterocycles. The van der Waals surface area contributed by atoms with Crippen molar-refractivity contribution in [3.05, 3.63) is 93.5 Å². The third kappa shape index (κ3) is 4.49. The van der Waals surface area contributed by atoms with Crippen LogP contribution in [-0.4, -0.2) is 53.1 Å². The van der Waals surface area contributed by atoms with Gasteiger partial charge in [-0.25, -0.2) is 13.6 Å². The molecule has 37 heavy (non-hydrogen) atoms. The Morgan fingerprint density at radius 3 is 2.51 bits per heavy atom. The predicted octanol–water partition coefficient (Wildman–Crippen LogP) is 3.61. The van der Waals surface area contributed by atoms with E-state index in [1.807, 2.05) is 18.2 Å². The van der Waals surface area contributed by atoms with Crippen molar-refractivity contribution >= 4 is 16.9 Å². The summed E-state index contributed by atoms with van der Waals surface area (Å²) in [6, 6.07) is 13.9. The van der Waals surface area contributed by atoms with E-state index < -0.39 is 23.2 Å². The molecule has 0 unspecified atom stereocenters. The van der Waals surface area contributed by atoms with Crippen molar-refractivity contribution in [2.45, 2.75) is 13.2 Å². The Bertz CT molecular complexity index is 1560. The van der Waals surface area contributed by atoms with E-state index >= 15 is 0 Å². The lowest BCUT2D eigenvalue weighted by Gasteiger charge is -2.34. The first-order chi connectivity index (χ1) is 18.0. The third-order valence-corrected chi connectivity index (χ3v) is 6.78. The second kappa shape index (κ2) is 9.45. The molecule has 4 aromatic rings. The molecule has 0 atom stereocenters. The number of fused-ring (bicyclic) bond motifs is 2. The highest BCUT2D eigenvalue weighted by Gasteiger charge is 2.22. The molecule has 0 amide bonds. The molecule has 1 aromatic heterocycles. The molecule has 10 heteroatoms. The number of carbonyl (C=O) groups is 1. The van der Waals surface area contributed by atoms with E-state index in [0.717, 1.165) is 55.9 Å². The molecular weight excluding hydrogens is 484 g/mol. The number of hydrogen-bond acceptors (Lipinski definition) is 7. The highest BCUT2D eigenvalue weighted by Crippen LogP contribution is 2.33. The van der Waals surface area contributed by atoms with Crippen LogP contribution in [0.15, 0.2) is 63.8 Å². The van der Waals surface area contributed by atoms with Crippen LogP contribution in [0.2, 0.25) is 0 Å². The van der Waals surface area contributed by atoms with E-state index in [1.54, 1.807) is 6.07 Å².